The number of carbonyl (C=O) groups excluding carboxylic acids is 4. The van der Waals surface area contributed by atoms with Crippen LogP contribution in [0.4, 0.5) is 0 Å². The molecule has 14 heteroatoms. The van der Waals surface area contributed by atoms with Gasteiger partial charge in [-0.25, -0.2) is 9.59 Å². The Balaban J connectivity index is 4.65. The number of hydrogen-bond acceptors (Lipinski definition) is 9. The zero-order chi connectivity index (χ0) is 30.7. The van der Waals surface area contributed by atoms with Crippen molar-refractivity contribution in [2.45, 2.75) is 115 Å². The number of carboxylic acids is 2. The van der Waals surface area contributed by atoms with E-state index >= 15 is 0 Å². The van der Waals surface area contributed by atoms with Gasteiger partial charge >= 0.3 is 11.9 Å². The molecule has 0 aliphatic heterocycles. The molecular formula is C26H47N5O8S. The predicted molar refractivity (Wildman–Crippen MR) is 152 cm³/mol. The van der Waals surface area contributed by atoms with Crippen molar-refractivity contribution < 1.29 is 39.0 Å². The Morgan fingerprint density at radius 3 is 1.93 bits per heavy atom. The van der Waals surface area contributed by atoms with E-state index in [1.165, 1.54) is 39.0 Å². The minimum Gasteiger partial charge on any atom is -0.480 e. The first-order chi connectivity index (χ1) is 18.8. The highest BCUT2D eigenvalue weighted by molar-refractivity contribution is 7.99. The highest BCUT2D eigenvalue weighted by Gasteiger charge is 2.42. The molecule has 0 aliphatic carbocycles. The second-order valence-electron chi connectivity index (χ2n) is 10.0. The summed E-state index contributed by atoms with van der Waals surface area (Å²) in [5.74, 6) is -6.39. The molecule has 13 nitrogen and oxygen atoms in total. The number of thioether (sulfide) groups is 1. The Morgan fingerprint density at radius 2 is 1.43 bits per heavy atom. The van der Waals surface area contributed by atoms with E-state index in [1.54, 1.807) is 0 Å². The first-order valence-electron chi connectivity index (χ1n) is 13.8. The molecule has 40 heavy (non-hydrogen) atoms. The lowest BCUT2D eigenvalue weighted by Gasteiger charge is -2.24. The number of aliphatic carboxylic acids is 2. The standard InChI is InChI=1S/C26H47N5O8S/c1-3-4-5-6-7-8-9-10-11-12-21(33)30-17(2)23(35)31-19(24(36)37)13-14-20(32)26(29,25(38)39)16-40-15-18(27)22(28)34/h17-19H,3-16,27,29H2,1-2H3,(H2,28,34)(H,30,33)(H,31,35)(H,36,37)(H,38,39)/t17-,18?,19+,26?/m0/s1. The normalized spacial score (nSPS) is 14.8. The van der Waals surface area contributed by atoms with Crippen LogP contribution in [-0.4, -0.2) is 80.8 Å². The summed E-state index contributed by atoms with van der Waals surface area (Å²) in [4.78, 5) is 71.7. The first-order valence-corrected chi connectivity index (χ1v) is 14.9. The largest absolute Gasteiger partial charge is 0.480 e. The first kappa shape index (κ1) is 37.3. The number of amides is 3. The third-order valence-corrected chi connectivity index (χ3v) is 7.68. The summed E-state index contributed by atoms with van der Waals surface area (Å²) in [5, 5.41) is 23.8. The number of hydrogen-bond donors (Lipinski definition) is 7. The molecule has 0 saturated heterocycles. The van der Waals surface area contributed by atoms with E-state index in [-0.39, 0.29) is 18.1 Å². The summed E-state index contributed by atoms with van der Waals surface area (Å²) in [6.07, 6.45) is 9.18. The van der Waals surface area contributed by atoms with Crippen LogP contribution in [0.5, 0.6) is 0 Å². The Labute approximate surface area is 240 Å². The van der Waals surface area contributed by atoms with Gasteiger partial charge in [-0.2, -0.15) is 11.8 Å². The van der Waals surface area contributed by atoms with E-state index in [0.29, 0.717) is 6.42 Å². The summed E-state index contributed by atoms with van der Waals surface area (Å²) in [6, 6.07) is -3.58. The fourth-order valence-corrected chi connectivity index (χ4v) is 4.86. The zero-order valence-corrected chi connectivity index (χ0v) is 24.4. The number of nitrogens with one attached hydrogen (secondary N) is 2. The maximum atomic E-state index is 12.6. The molecule has 0 aliphatic rings. The maximum Gasteiger partial charge on any atom is 0.332 e. The third-order valence-electron chi connectivity index (χ3n) is 6.42. The molecular weight excluding hydrogens is 542 g/mol. The van der Waals surface area contributed by atoms with Crippen molar-refractivity contribution in [1.82, 2.24) is 10.6 Å². The molecule has 0 radical (unpaired) electrons. The average molecular weight is 590 g/mol. The molecule has 0 bridgehead atoms. The fraction of sp³-hybridized carbons (Fsp3) is 0.769. The van der Waals surface area contributed by atoms with Gasteiger partial charge in [-0.1, -0.05) is 58.3 Å². The second-order valence-corrected chi connectivity index (χ2v) is 11.1. The number of carbonyl (C=O) groups is 6. The van der Waals surface area contributed by atoms with Gasteiger partial charge in [0.1, 0.15) is 12.1 Å². The molecule has 10 N–H and O–H groups in total. The lowest BCUT2D eigenvalue weighted by atomic mass is 9.93. The molecule has 0 rings (SSSR count). The second kappa shape index (κ2) is 20.2. The topological polar surface area (TPSA) is 245 Å². The van der Waals surface area contributed by atoms with Gasteiger partial charge in [0.2, 0.25) is 17.7 Å². The summed E-state index contributed by atoms with van der Waals surface area (Å²) >= 11 is 0.848. The van der Waals surface area contributed by atoms with Crippen molar-refractivity contribution in [2.24, 2.45) is 17.2 Å². The summed E-state index contributed by atoms with van der Waals surface area (Å²) in [5.41, 5.74) is 14.0. The number of unbranched alkanes of at least 4 members (excludes halogenated alkanes) is 8. The molecule has 3 amide bonds. The number of Topliss-reactive ketones (excluding diaryl/α,β-unsaturated/α-hetero) is 1. The lowest BCUT2D eigenvalue weighted by Crippen LogP contribution is -2.58. The van der Waals surface area contributed by atoms with Crippen molar-refractivity contribution >= 4 is 47.2 Å². The third kappa shape index (κ3) is 15.2. The molecule has 0 spiro atoms. The van der Waals surface area contributed by atoms with Crippen LogP contribution in [0.25, 0.3) is 0 Å². The minimum absolute atomic E-state index is 0.0641. The van der Waals surface area contributed by atoms with Gasteiger partial charge in [0, 0.05) is 24.3 Å². The van der Waals surface area contributed by atoms with Gasteiger partial charge in [0.15, 0.2) is 11.3 Å². The van der Waals surface area contributed by atoms with Crippen LogP contribution < -0.4 is 27.8 Å². The van der Waals surface area contributed by atoms with Crippen LogP contribution in [0.15, 0.2) is 0 Å². The fourth-order valence-electron chi connectivity index (χ4n) is 3.72. The number of nitrogens with two attached hydrogens (primary N) is 3. The minimum atomic E-state index is -2.36. The monoisotopic (exact) mass is 589 g/mol. The molecule has 4 atom stereocenters. The van der Waals surface area contributed by atoms with Gasteiger partial charge in [-0.15, -0.1) is 0 Å². The predicted octanol–water partition coefficient (Wildman–Crippen LogP) is 0.659. The van der Waals surface area contributed by atoms with Crippen molar-refractivity contribution in [2.75, 3.05) is 11.5 Å². The number of primary amides is 1. The van der Waals surface area contributed by atoms with E-state index in [4.69, 9.17) is 17.2 Å². The van der Waals surface area contributed by atoms with Crippen LogP contribution in [0.3, 0.4) is 0 Å². The molecule has 0 fully saturated rings. The molecule has 0 aromatic carbocycles. The number of rotatable bonds is 24. The molecule has 0 saturated carbocycles. The van der Waals surface area contributed by atoms with E-state index in [1.807, 2.05) is 0 Å². The van der Waals surface area contributed by atoms with Crippen LogP contribution in [0.1, 0.15) is 90.9 Å². The Kier molecular flexibility index (Phi) is 18.8. The van der Waals surface area contributed by atoms with Gasteiger partial charge in [-0.05, 0) is 19.8 Å². The maximum absolute atomic E-state index is 12.6. The molecule has 0 aromatic heterocycles. The van der Waals surface area contributed by atoms with Crippen LogP contribution >= 0.6 is 11.8 Å². The van der Waals surface area contributed by atoms with E-state index in [9.17, 15) is 39.0 Å². The van der Waals surface area contributed by atoms with Gasteiger partial charge in [0.25, 0.3) is 0 Å². The van der Waals surface area contributed by atoms with E-state index in [2.05, 4.69) is 17.6 Å². The average Bonchev–Trinajstić information content (AvgIpc) is 2.88. The van der Waals surface area contributed by atoms with Crippen molar-refractivity contribution in [3.63, 3.8) is 0 Å². The Bertz CT molecular complexity index is 859. The van der Waals surface area contributed by atoms with Crippen LogP contribution in [0, 0.1) is 0 Å². The smallest absolute Gasteiger partial charge is 0.332 e. The number of carboxylic acid groups (broad SMARTS) is 2. The summed E-state index contributed by atoms with van der Waals surface area (Å²) < 4.78 is 0. The quantitative estimate of drug-likeness (QED) is 0.0608. The van der Waals surface area contributed by atoms with Gasteiger partial charge in [-0.3, -0.25) is 19.2 Å². The van der Waals surface area contributed by atoms with E-state index < -0.39 is 71.8 Å². The highest BCUT2D eigenvalue weighted by Crippen LogP contribution is 2.17. The Morgan fingerprint density at radius 1 is 0.875 bits per heavy atom. The SMILES string of the molecule is CCCCCCCCCCCC(=O)N[C@@H](C)C(=O)N[C@H](CCC(=O)C(N)(CSCC(N)C(N)=O)C(=O)O)C(=O)O. The summed E-state index contributed by atoms with van der Waals surface area (Å²) in [7, 11) is 0. The molecule has 0 heterocycles. The van der Waals surface area contributed by atoms with Crippen LogP contribution in [0.2, 0.25) is 0 Å². The highest BCUT2D eigenvalue weighted by atomic mass is 32.2. The molecule has 230 valence electrons. The Hall–Kier alpha value is -2.71. The summed E-state index contributed by atoms with van der Waals surface area (Å²) in [6.45, 7) is 3.59. The van der Waals surface area contributed by atoms with Crippen molar-refractivity contribution in [3.8, 4) is 0 Å². The van der Waals surface area contributed by atoms with Crippen molar-refractivity contribution in [1.29, 1.82) is 0 Å². The lowest BCUT2D eigenvalue weighted by molar-refractivity contribution is -0.147. The molecule has 0 aromatic rings. The van der Waals surface area contributed by atoms with Crippen molar-refractivity contribution in [3.05, 3.63) is 0 Å². The molecule has 2 unspecified atom stereocenters. The number of ketones is 1. The van der Waals surface area contributed by atoms with Crippen LogP contribution in [-0.2, 0) is 28.8 Å². The zero-order valence-electron chi connectivity index (χ0n) is 23.6. The van der Waals surface area contributed by atoms with E-state index in [0.717, 1.165) is 31.0 Å². The van der Waals surface area contributed by atoms with Gasteiger partial charge < -0.3 is 38.0 Å². The van der Waals surface area contributed by atoms with Gasteiger partial charge in [0.05, 0.1) is 6.04 Å².